The van der Waals surface area contributed by atoms with Gasteiger partial charge in [0.15, 0.2) is 11.5 Å². The summed E-state index contributed by atoms with van der Waals surface area (Å²) in [7, 11) is 0. The van der Waals surface area contributed by atoms with Crippen LogP contribution >= 0.6 is 23.4 Å². The maximum atomic E-state index is 12.3. The number of thioether (sulfide) groups is 1. The van der Waals surface area contributed by atoms with Crippen LogP contribution in [-0.4, -0.2) is 31.1 Å². The normalized spacial score (nSPS) is 10.9. The average molecular weight is 435 g/mol. The Morgan fingerprint density at radius 2 is 1.97 bits per heavy atom. The quantitative estimate of drug-likeness (QED) is 0.295. The number of rotatable bonds is 11. The Kier molecular flexibility index (Phi) is 9.88. The number of carbonyl (C=O) groups excluding carboxylic acids is 1. The summed E-state index contributed by atoms with van der Waals surface area (Å²) in [6, 6.07) is 11.2. The number of hydrogen-bond acceptors (Lipinski definition) is 5. The molecule has 0 spiro atoms. The van der Waals surface area contributed by atoms with Crippen LogP contribution in [0.2, 0.25) is 5.02 Å². The van der Waals surface area contributed by atoms with Crippen LogP contribution in [-0.2, 0) is 11.2 Å². The van der Waals surface area contributed by atoms with Gasteiger partial charge >= 0.3 is 0 Å². The van der Waals surface area contributed by atoms with Gasteiger partial charge in [-0.1, -0.05) is 25.4 Å². The summed E-state index contributed by atoms with van der Waals surface area (Å²) in [5, 5.41) is 4.68. The monoisotopic (exact) mass is 434 g/mol. The summed E-state index contributed by atoms with van der Waals surface area (Å²) in [5.41, 5.74) is 4.28. The van der Waals surface area contributed by atoms with E-state index >= 15 is 0 Å². The van der Waals surface area contributed by atoms with Gasteiger partial charge in [0.2, 0.25) is 5.91 Å². The number of hydrogen-bond donors (Lipinski definition) is 1. The number of halogens is 1. The van der Waals surface area contributed by atoms with Gasteiger partial charge < -0.3 is 9.47 Å². The van der Waals surface area contributed by atoms with Crippen molar-refractivity contribution in [3.05, 3.63) is 52.5 Å². The molecule has 29 heavy (non-hydrogen) atoms. The van der Waals surface area contributed by atoms with E-state index in [1.807, 2.05) is 43.3 Å². The van der Waals surface area contributed by atoms with E-state index < -0.39 is 0 Å². The first-order chi connectivity index (χ1) is 14.1. The number of nitrogens with one attached hydrogen (secondary N) is 1. The minimum Gasteiger partial charge on any atom is -0.490 e. The predicted octanol–water partition coefficient (Wildman–Crippen LogP) is 5.33. The van der Waals surface area contributed by atoms with Crippen molar-refractivity contribution >= 4 is 35.5 Å². The summed E-state index contributed by atoms with van der Waals surface area (Å²) >= 11 is 7.76. The molecule has 0 atom stereocenters. The summed E-state index contributed by atoms with van der Waals surface area (Å²) in [4.78, 5) is 13.3. The van der Waals surface area contributed by atoms with Gasteiger partial charge in [-0.3, -0.25) is 4.79 Å². The number of carbonyl (C=O) groups is 1. The van der Waals surface area contributed by atoms with Gasteiger partial charge in [0.1, 0.15) is 0 Å². The van der Waals surface area contributed by atoms with Gasteiger partial charge in [-0.15, -0.1) is 11.8 Å². The van der Waals surface area contributed by atoms with E-state index in [0.717, 1.165) is 28.2 Å². The molecule has 2 rings (SSSR count). The van der Waals surface area contributed by atoms with Crippen LogP contribution in [0.25, 0.3) is 0 Å². The van der Waals surface area contributed by atoms with Crippen molar-refractivity contribution in [3.63, 3.8) is 0 Å². The van der Waals surface area contributed by atoms with Crippen LogP contribution in [0, 0.1) is 0 Å². The molecule has 0 aromatic heterocycles. The Hall–Kier alpha value is -2.18. The average Bonchev–Trinajstić information content (AvgIpc) is 2.70. The highest BCUT2D eigenvalue weighted by molar-refractivity contribution is 7.99. The third-order valence-corrected chi connectivity index (χ3v) is 5.04. The first-order valence-electron chi connectivity index (χ1n) is 9.70. The highest BCUT2D eigenvalue weighted by Gasteiger charge is 2.09. The van der Waals surface area contributed by atoms with Gasteiger partial charge in [-0.05, 0) is 66.6 Å². The molecule has 0 heterocycles. The maximum absolute atomic E-state index is 12.3. The minimum absolute atomic E-state index is 0.200. The standard InChI is InChI=1S/C22H27ClN2O3S/c1-4-11-28-19-9-7-16(12-20(19)27-5-2)15-24-25-22(26)14-17-13-18(23)8-10-21(17)29-6-3/h7-10,12-13,15H,4-6,11,14H2,1-3H3,(H,25,26)/b24-15-. The topological polar surface area (TPSA) is 59.9 Å². The van der Waals surface area contributed by atoms with Crippen LogP contribution in [0.15, 0.2) is 46.4 Å². The molecule has 0 aliphatic carbocycles. The molecule has 2 aromatic rings. The zero-order chi connectivity index (χ0) is 21.1. The molecule has 0 unspecified atom stereocenters. The highest BCUT2D eigenvalue weighted by Crippen LogP contribution is 2.28. The molecule has 5 nitrogen and oxygen atoms in total. The highest BCUT2D eigenvalue weighted by atomic mass is 35.5. The van der Waals surface area contributed by atoms with Crippen molar-refractivity contribution < 1.29 is 14.3 Å². The zero-order valence-corrected chi connectivity index (χ0v) is 18.6. The molecule has 0 radical (unpaired) electrons. The molecular formula is C22H27ClN2O3S. The third-order valence-electron chi connectivity index (χ3n) is 3.81. The van der Waals surface area contributed by atoms with Crippen LogP contribution in [0.5, 0.6) is 11.5 Å². The Labute approximate surface area is 181 Å². The minimum atomic E-state index is -0.200. The second-order valence-corrected chi connectivity index (χ2v) is 7.88. The Morgan fingerprint density at radius 3 is 2.69 bits per heavy atom. The second-order valence-electron chi connectivity index (χ2n) is 6.14. The Morgan fingerprint density at radius 1 is 1.14 bits per heavy atom. The molecule has 0 saturated carbocycles. The van der Waals surface area contributed by atoms with Gasteiger partial charge in [-0.2, -0.15) is 5.10 Å². The lowest BCUT2D eigenvalue weighted by Crippen LogP contribution is -2.20. The molecule has 0 bridgehead atoms. The van der Waals surface area contributed by atoms with Gasteiger partial charge in [0.25, 0.3) is 0 Å². The molecule has 156 valence electrons. The molecule has 0 fully saturated rings. The lowest BCUT2D eigenvalue weighted by Gasteiger charge is -2.11. The number of benzene rings is 2. The summed E-state index contributed by atoms with van der Waals surface area (Å²) in [5.74, 6) is 2.09. The molecule has 1 N–H and O–H groups in total. The smallest absolute Gasteiger partial charge is 0.244 e. The van der Waals surface area contributed by atoms with Crippen LogP contribution in [0.3, 0.4) is 0 Å². The van der Waals surface area contributed by atoms with Gasteiger partial charge in [0, 0.05) is 9.92 Å². The van der Waals surface area contributed by atoms with E-state index in [1.54, 1.807) is 18.0 Å². The predicted molar refractivity (Wildman–Crippen MR) is 121 cm³/mol. The van der Waals surface area contributed by atoms with E-state index in [4.69, 9.17) is 21.1 Å². The molecule has 0 saturated heterocycles. The lowest BCUT2D eigenvalue weighted by molar-refractivity contribution is -0.120. The van der Waals surface area contributed by atoms with Gasteiger partial charge in [0.05, 0.1) is 25.8 Å². The summed E-state index contributed by atoms with van der Waals surface area (Å²) < 4.78 is 11.3. The maximum Gasteiger partial charge on any atom is 0.244 e. The first-order valence-corrected chi connectivity index (χ1v) is 11.1. The van der Waals surface area contributed by atoms with E-state index in [2.05, 4.69) is 24.4 Å². The number of nitrogens with zero attached hydrogens (tertiary/aromatic N) is 1. The van der Waals surface area contributed by atoms with Crippen molar-refractivity contribution in [2.75, 3.05) is 19.0 Å². The Balaban J connectivity index is 2.01. The second kappa shape index (κ2) is 12.4. The zero-order valence-electron chi connectivity index (χ0n) is 17.0. The summed E-state index contributed by atoms with van der Waals surface area (Å²) in [6.45, 7) is 7.22. The lowest BCUT2D eigenvalue weighted by atomic mass is 10.1. The summed E-state index contributed by atoms with van der Waals surface area (Å²) in [6.07, 6.45) is 2.73. The number of amides is 1. The van der Waals surface area contributed by atoms with Crippen molar-refractivity contribution in [3.8, 4) is 11.5 Å². The molecule has 0 aliphatic rings. The van der Waals surface area contributed by atoms with Crippen LogP contribution < -0.4 is 14.9 Å². The molecule has 0 aliphatic heterocycles. The number of hydrazone groups is 1. The molecule has 1 amide bonds. The SMILES string of the molecule is CCCOc1ccc(/C=N\NC(=O)Cc2cc(Cl)ccc2SCC)cc1OCC. The van der Waals surface area contributed by atoms with Gasteiger partial charge in [-0.25, -0.2) is 5.43 Å². The van der Waals surface area contributed by atoms with Crippen molar-refractivity contribution in [1.29, 1.82) is 0 Å². The fourth-order valence-corrected chi connectivity index (χ4v) is 3.56. The van der Waals surface area contributed by atoms with Crippen LogP contribution in [0.1, 0.15) is 38.3 Å². The third kappa shape index (κ3) is 7.63. The fraction of sp³-hybridized carbons (Fsp3) is 0.364. The van der Waals surface area contributed by atoms with E-state index in [9.17, 15) is 4.79 Å². The Bertz CT molecular complexity index is 843. The molecule has 2 aromatic carbocycles. The number of ether oxygens (including phenoxy) is 2. The first kappa shape index (κ1) is 23.1. The van der Waals surface area contributed by atoms with Crippen molar-refractivity contribution in [2.24, 2.45) is 5.10 Å². The molecule has 7 heteroatoms. The fourth-order valence-electron chi connectivity index (χ4n) is 2.58. The van der Waals surface area contributed by atoms with E-state index in [1.165, 1.54) is 0 Å². The largest absolute Gasteiger partial charge is 0.490 e. The van der Waals surface area contributed by atoms with E-state index in [0.29, 0.717) is 29.7 Å². The van der Waals surface area contributed by atoms with E-state index in [-0.39, 0.29) is 12.3 Å². The van der Waals surface area contributed by atoms with Crippen molar-refractivity contribution in [1.82, 2.24) is 5.43 Å². The molecular weight excluding hydrogens is 408 g/mol. The van der Waals surface area contributed by atoms with Crippen molar-refractivity contribution in [2.45, 2.75) is 38.5 Å². The van der Waals surface area contributed by atoms with Crippen LogP contribution in [0.4, 0.5) is 0 Å².